The van der Waals surface area contributed by atoms with Crippen LogP contribution in [0.25, 0.3) is 0 Å². The number of nitrogens with zero attached hydrogens (tertiary/aromatic N) is 3. The molecule has 0 aliphatic carbocycles. The first kappa shape index (κ1) is 15.4. The van der Waals surface area contributed by atoms with Gasteiger partial charge in [0, 0.05) is 6.07 Å². The first-order chi connectivity index (χ1) is 9.42. The van der Waals surface area contributed by atoms with Crippen LogP contribution >= 0.6 is 11.8 Å². The number of amidine groups is 1. The van der Waals surface area contributed by atoms with Gasteiger partial charge in [0.25, 0.3) is 5.69 Å². The summed E-state index contributed by atoms with van der Waals surface area (Å²) >= 11 is 0.914. The molecular weight excluding hydrogens is 291 g/mol. The summed E-state index contributed by atoms with van der Waals surface area (Å²) in [5, 5.41) is 30.3. The molecular formula is C10H7FN4O4S. The summed E-state index contributed by atoms with van der Waals surface area (Å²) in [4.78, 5) is 24.7. The average Bonchev–Trinajstić information content (AvgIpc) is 2.37. The van der Waals surface area contributed by atoms with Crippen molar-refractivity contribution in [2.75, 3.05) is 6.26 Å². The van der Waals surface area contributed by atoms with Gasteiger partial charge in [-0.25, -0.2) is 14.2 Å². The number of benzene rings is 1. The van der Waals surface area contributed by atoms with Gasteiger partial charge in [-0.15, -0.1) is 0 Å². The van der Waals surface area contributed by atoms with E-state index < -0.39 is 33.6 Å². The number of halogens is 1. The molecule has 2 N–H and O–H groups in total. The summed E-state index contributed by atoms with van der Waals surface area (Å²) in [7, 11) is 0. The van der Waals surface area contributed by atoms with Crippen LogP contribution < -0.4 is 5.32 Å². The van der Waals surface area contributed by atoms with Gasteiger partial charge in [0.05, 0.1) is 4.92 Å². The Hall–Kier alpha value is -2.67. The molecule has 104 valence electrons. The van der Waals surface area contributed by atoms with E-state index in [1.807, 2.05) is 0 Å². The Morgan fingerprint density at radius 1 is 1.65 bits per heavy atom. The molecule has 0 radical (unpaired) electrons. The smallest absolute Gasteiger partial charge is 0.341 e. The van der Waals surface area contributed by atoms with E-state index in [1.54, 1.807) is 0 Å². The number of carbonyl (C=O) groups is 1. The lowest BCUT2D eigenvalue weighted by atomic mass is 10.1. The van der Waals surface area contributed by atoms with Crippen LogP contribution in [0.3, 0.4) is 0 Å². The number of aliphatic imine (C=N–C) groups is 1. The maximum absolute atomic E-state index is 13.5. The minimum absolute atomic E-state index is 0.0938. The number of nitro benzene ring substituents is 1. The number of nitriles is 1. The highest BCUT2D eigenvalue weighted by atomic mass is 32.2. The van der Waals surface area contributed by atoms with Crippen molar-refractivity contribution in [1.29, 1.82) is 5.26 Å². The van der Waals surface area contributed by atoms with Crippen LogP contribution in [0.15, 0.2) is 17.1 Å². The van der Waals surface area contributed by atoms with Crippen LogP contribution in [0, 0.1) is 27.4 Å². The normalized spacial score (nSPS) is 10.8. The maximum Gasteiger partial charge on any atom is 0.341 e. The van der Waals surface area contributed by atoms with Gasteiger partial charge in [-0.1, -0.05) is 11.8 Å². The number of hydrogen-bond donors (Lipinski definition) is 2. The van der Waals surface area contributed by atoms with Crippen molar-refractivity contribution in [1.82, 2.24) is 5.32 Å². The number of aromatic carboxylic acids is 1. The Kier molecular flexibility index (Phi) is 4.99. The summed E-state index contributed by atoms with van der Waals surface area (Å²) in [6.45, 7) is 0. The minimum atomic E-state index is -1.69. The number of nitrogens with one attached hydrogen (secondary N) is 1. The van der Waals surface area contributed by atoms with Crippen LogP contribution in [-0.4, -0.2) is 27.4 Å². The van der Waals surface area contributed by atoms with Crippen LogP contribution in [0.1, 0.15) is 10.4 Å². The molecule has 0 aliphatic heterocycles. The van der Waals surface area contributed by atoms with Crippen molar-refractivity contribution in [2.45, 2.75) is 0 Å². The summed E-state index contributed by atoms with van der Waals surface area (Å²) in [6, 6.07) is 1.49. The van der Waals surface area contributed by atoms with Gasteiger partial charge < -0.3 is 5.11 Å². The van der Waals surface area contributed by atoms with E-state index in [0.29, 0.717) is 6.07 Å². The van der Waals surface area contributed by atoms with Crippen molar-refractivity contribution in [2.24, 2.45) is 4.99 Å². The van der Waals surface area contributed by atoms with E-state index in [0.717, 1.165) is 17.8 Å². The van der Waals surface area contributed by atoms with Gasteiger partial charge >= 0.3 is 5.97 Å². The molecule has 0 saturated heterocycles. The lowest BCUT2D eigenvalue weighted by Gasteiger charge is -2.05. The quantitative estimate of drug-likeness (QED) is 0.217. The summed E-state index contributed by atoms with van der Waals surface area (Å²) < 4.78 is 13.5. The summed E-state index contributed by atoms with van der Waals surface area (Å²) in [5.74, 6) is -2.85. The number of rotatable bonds is 3. The molecule has 0 bridgehead atoms. The molecule has 0 aliphatic rings. The molecule has 0 unspecified atom stereocenters. The highest BCUT2D eigenvalue weighted by Crippen LogP contribution is 2.33. The van der Waals surface area contributed by atoms with Crippen LogP contribution in [0.4, 0.5) is 15.8 Å². The Bertz CT molecular complexity index is 641. The largest absolute Gasteiger partial charge is 0.478 e. The summed E-state index contributed by atoms with van der Waals surface area (Å²) in [5.41, 5.74) is -2.25. The van der Waals surface area contributed by atoms with Crippen molar-refractivity contribution in [3.05, 3.63) is 33.6 Å². The van der Waals surface area contributed by atoms with E-state index in [2.05, 4.69) is 10.3 Å². The van der Waals surface area contributed by atoms with Crippen LogP contribution in [0.2, 0.25) is 0 Å². The zero-order chi connectivity index (χ0) is 15.3. The molecule has 0 aromatic heterocycles. The van der Waals surface area contributed by atoms with E-state index >= 15 is 0 Å². The van der Waals surface area contributed by atoms with Crippen LogP contribution in [-0.2, 0) is 0 Å². The molecule has 0 fully saturated rings. The molecule has 0 saturated carbocycles. The second kappa shape index (κ2) is 6.48. The van der Waals surface area contributed by atoms with Crippen molar-refractivity contribution in [3.63, 3.8) is 0 Å². The van der Waals surface area contributed by atoms with Gasteiger partial charge in [-0.2, -0.15) is 5.26 Å². The Balaban J connectivity index is 3.63. The number of hydrogen-bond acceptors (Lipinski definition) is 6. The maximum atomic E-state index is 13.5. The van der Waals surface area contributed by atoms with E-state index in [9.17, 15) is 19.3 Å². The van der Waals surface area contributed by atoms with Crippen molar-refractivity contribution >= 4 is 34.3 Å². The molecule has 8 nitrogen and oxygen atoms in total. The van der Waals surface area contributed by atoms with Crippen molar-refractivity contribution in [3.8, 4) is 6.19 Å². The molecule has 0 amide bonds. The standard InChI is InChI=1S/C10H7FN4O4S/c1-20-10(13-4-12)14-8-6(15(18)19)3-2-5(11)7(8)9(16)17/h2-3H,1H3,(H,13,14)(H,16,17). The Labute approximate surface area is 116 Å². The van der Waals surface area contributed by atoms with Gasteiger partial charge in [-0.3, -0.25) is 15.4 Å². The molecule has 1 aromatic rings. The first-order valence-corrected chi connectivity index (χ1v) is 6.12. The average molecular weight is 298 g/mol. The zero-order valence-corrected chi connectivity index (χ0v) is 10.8. The fourth-order valence-electron chi connectivity index (χ4n) is 1.29. The third-order valence-electron chi connectivity index (χ3n) is 2.09. The molecule has 20 heavy (non-hydrogen) atoms. The topological polar surface area (TPSA) is 129 Å². The Morgan fingerprint density at radius 2 is 2.30 bits per heavy atom. The van der Waals surface area contributed by atoms with Gasteiger partial charge in [0.15, 0.2) is 17.0 Å². The van der Waals surface area contributed by atoms with Crippen molar-refractivity contribution < 1.29 is 19.2 Å². The first-order valence-electron chi connectivity index (χ1n) is 4.90. The van der Waals surface area contributed by atoms with E-state index in [4.69, 9.17) is 10.4 Å². The highest BCUT2D eigenvalue weighted by Gasteiger charge is 2.26. The molecule has 1 rings (SSSR count). The SMILES string of the molecule is CSC(=Nc1c([N+](=O)[O-])ccc(F)c1C(=O)O)NC#N. The second-order valence-corrected chi connectivity index (χ2v) is 4.01. The van der Waals surface area contributed by atoms with E-state index in [-0.39, 0.29) is 5.17 Å². The molecule has 1 aromatic carbocycles. The van der Waals surface area contributed by atoms with Crippen LogP contribution in [0.5, 0.6) is 0 Å². The van der Waals surface area contributed by atoms with Gasteiger partial charge in [0.1, 0.15) is 11.4 Å². The third kappa shape index (κ3) is 3.21. The molecule has 0 heterocycles. The fraction of sp³-hybridized carbons (Fsp3) is 0.100. The number of carboxylic acid groups (broad SMARTS) is 1. The summed E-state index contributed by atoms with van der Waals surface area (Å²) in [6.07, 6.45) is 3.05. The fourth-order valence-corrected chi connectivity index (χ4v) is 1.62. The number of thioether (sulfide) groups is 1. The molecule has 10 heteroatoms. The van der Waals surface area contributed by atoms with Gasteiger partial charge in [0.2, 0.25) is 0 Å². The molecule has 0 atom stereocenters. The number of carboxylic acids is 1. The predicted octanol–water partition coefficient (Wildman–Crippen LogP) is 1.85. The predicted molar refractivity (Wildman–Crippen MR) is 69.4 cm³/mol. The third-order valence-corrected chi connectivity index (χ3v) is 2.67. The second-order valence-electron chi connectivity index (χ2n) is 3.21. The molecule has 0 spiro atoms. The lowest BCUT2D eigenvalue weighted by Crippen LogP contribution is -2.13. The minimum Gasteiger partial charge on any atom is -0.478 e. The highest BCUT2D eigenvalue weighted by molar-refractivity contribution is 8.13. The zero-order valence-electron chi connectivity index (χ0n) is 9.95. The van der Waals surface area contributed by atoms with E-state index in [1.165, 1.54) is 12.4 Å². The monoisotopic (exact) mass is 298 g/mol. The lowest BCUT2D eigenvalue weighted by molar-refractivity contribution is -0.384. The van der Waals surface area contributed by atoms with Gasteiger partial charge in [-0.05, 0) is 12.3 Å². The Morgan fingerprint density at radius 3 is 2.75 bits per heavy atom. The number of nitro groups is 1.